The van der Waals surface area contributed by atoms with Gasteiger partial charge in [0.15, 0.2) is 0 Å². The normalized spacial score (nSPS) is 31.7. The van der Waals surface area contributed by atoms with Gasteiger partial charge in [0, 0.05) is 0 Å². The van der Waals surface area contributed by atoms with Crippen molar-refractivity contribution in [2.75, 3.05) is 13.2 Å². The molecule has 11 heteroatoms. The lowest BCUT2D eigenvalue weighted by atomic mass is 9.53. The molecule has 0 amide bonds. The molecular formula is C22H30F6O5. The van der Waals surface area contributed by atoms with Crippen LogP contribution in [0, 0.1) is 29.1 Å². The zero-order valence-electron chi connectivity index (χ0n) is 18.9. The van der Waals surface area contributed by atoms with Crippen LogP contribution in [0.1, 0.15) is 59.3 Å². The summed E-state index contributed by atoms with van der Waals surface area (Å²) in [7, 11) is 0. The van der Waals surface area contributed by atoms with Gasteiger partial charge in [0.25, 0.3) is 0 Å². The Morgan fingerprint density at radius 2 is 1.48 bits per heavy atom. The molecule has 4 saturated carbocycles. The van der Waals surface area contributed by atoms with Crippen LogP contribution in [0.3, 0.4) is 0 Å². The van der Waals surface area contributed by atoms with Gasteiger partial charge < -0.3 is 14.2 Å². The van der Waals surface area contributed by atoms with E-state index in [1.807, 2.05) is 20.8 Å². The molecule has 0 aromatic rings. The maximum Gasteiger partial charge on any atom is 0.411 e. The van der Waals surface area contributed by atoms with E-state index in [9.17, 15) is 35.9 Å². The molecule has 0 heterocycles. The van der Waals surface area contributed by atoms with E-state index in [4.69, 9.17) is 9.47 Å². The summed E-state index contributed by atoms with van der Waals surface area (Å²) in [6.45, 7) is 4.59. The van der Waals surface area contributed by atoms with Crippen LogP contribution in [-0.4, -0.2) is 49.2 Å². The van der Waals surface area contributed by atoms with Crippen LogP contribution >= 0.6 is 0 Å². The van der Waals surface area contributed by atoms with Crippen molar-refractivity contribution in [2.24, 2.45) is 29.1 Å². The van der Waals surface area contributed by atoms with Gasteiger partial charge in [0.05, 0.1) is 18.1 Å². The van der Waals surface area contributed by atoms with Gasteiger partial charge in [0.1, 0.15) is 12.2 Å². The third kappa shape index (κ3) is 5.59. The molecule has 0 aliphatic heterocycles. The summed E-state index contributed by atoms with van der Waals surface area (Å²) in [5, 5.41) is 0. The molecule has 5 nitrogen and oxygen atoms in total. The fourth-order valence-electron chi connectivity index (χ4n) is 5.64. The van der Waals surface area contributed by atoms with Gasteiger partial charge in [-0.05, 0) is 70.1 Å². The first-order chi connectivity index (χ1) is 15.1. The number of carbonyl (C=O) groups excluding carboxylic acids is 2. The molecule has 0 aromatic heterocycles. The maximum atomic E-state index is 12.7. The lowest BCUT2D eigenvalue weighted by molar-refractivity contribution is -0.282. The highest BCUT2D eigenvalue weighted by Gasteiger charge is 2.62. The van der Waals surface area contributed by atoms with E-state index in [0.717, 1.165) is 19.3 Å². The second-order valence-corrected chi connectivity index (χ2v) is 10.3. The Kier molecular flexibility index (Phi) is 7.06. The van der Waals surface area contributed by atoms with Crippen molar-refractivity contribution in [1.82, 2.24) is 0 Å². The topological polar surface area (TPSA) is 61.8 Å². The quantitative estimate of drug-likeness (QED) is 0.267. The average molecular weight is 488 g/mol. The summed E-state index contributed by atoms with van der Waals surface area (Å²) in [5.74, 6) is -6.26. The molecule has 4 bridgehead atoms. The minimum Gasteiger partial charge on any atom is -0.463 e. The molecule has 0 N–H and O–H groups in total. The number of halogens is 6. The predicted molar refractivity (Wildman–Crippen MR) is 103 cm³/mol. The van der Waals surface area contributed by atoms with Crippen LogP contribution in [-0.2, 0) is 23.8 Å². The highest BCUT2D eigenvalue weighted by atomic mass is 19.4. The molecule has 190 valence electrons. The molecule has 2 atom stereocenters. The molecule has 0 radical (unpaired) electrons. The van der Waals surface area contributed by atoms with Crippen LogP contribution in [0.25, 0.3) is 0 Å². The zero-order chi connectivity index (χ0) is 24.8. The van der Waals surface area contributed by atoms with Gasteiger partial charge in [-0.15, -0.1) is 0 Å². The molecular weight excluding hydrogens is 458 g/mol. The lowest BCUT2D eigenvalue weighted by Crippen LogP contribution is -2.59. The van der Waals surface area contributed by atoms with Gasteiger partial charge in [-0.1, -0.05) is 6.92 Å². The summed E-state index contributed by atoms with van der Waals surface area (Å²) < 4.78 is 91.6. The lowest BCUT2D eigenvalue weighted by Gasteiger charge is -2.59. The summed E-state index contributed by atoms with van der Waals surface area (Å²) in [6, 6.07) is 0. The smallest absolute Gasteiger partial charge is 0.411 e. The van der Waals surface area contributed by atoms with Gasteiger partial charge in [0.2, 0.25) is 5.92 Å². The Bertz CT molecular complexity index is 717. The van der Waals surface area contributed by atoms with Crippen molar-refractivity contribution in [3.63, 3.8) is 0 Å². The van der Waals surface area contributed by atoms with Crippen LogP contribution in [0.5, 0.6) is 0 Å². The third-order valence-electron chi connectivity index (χ3n) is 7.40. The third-order valence-corrected chi connectivity index (χ3v) is 7.40. The number of esters is 2. The van der Waals surface area contributed by atoms with Crippen molar-refractivity contribution < 1.29 is 50.1 Å². The highest BCUT2D eigenvalue weighted by molar-refractivity contribution is 5.76. The second kappa shape index (κ2) is 8.92. The molecule has 0 aromatic carbocycles. The number of alkyl halides is 6. The molecule has 33 heavy (non-hydrogen) atoms. The summed E-state index contributed by atoms with van der Waals surface area (Å²) in [4.78, 5) is 24.1. The van der Waals surface area contributed by atoms with Crippen molar-refractivity contribution in [2.45, 2.75) is 83.4 Å². The van der Waals surface area contributed by atoms with Crippen molar-refractivity contribution in [3.8, 4) is 0 Å². The van der Waals surface area contributed by atoms with Crippen molar-refractivity contribution >= 4 is 11.9 Å². The summed E-state index contributed by atoms with van der Waals surface area (Å²) in [6.07, 6.45) is -7.43. The van der Waals surface area contributed by atoms with Gasteiger partial charge in [-0.3, -0.25) is 9.59 Å². The number of carbonyl (C=O) groups is 2. The summed E-state index contributed by atoms with van der Waals surface area (Å²) >= 11 is 0. The SMILES string of the molecule is CCC(C)(C)C(=O)OC12CC3CC(C1)C(OCCOC(=O)C(C(F)(F)F)C(F)(F)F)C(C3)C2. The Balaban J connectivity index is 1.54. The molecule has 4 rings (SSSR count). The standard InChI is InChI=1S/C22H30F6O5/c1-4-19(2,3)18(30)33-20-9-12-7-13(10-20)15(14(8-12)11-20)31-5-6-32-17(29)16(21(23,24)25)22(26,27)28/h12-16H,4-11H2,1-3H3. The molecule has 4 fully saturated rings. The zero-order valence-corrected chi connectivity index (χ0v) is 18.9. The molecule has 4 aliphatic rings. The van der Waals surface area contributed by atoms with Crippen LogP contribution in [0.4, 0.5) is 26.3 Å². The minimum absolute atomic E-state index is 0.0718. The maximum absolute atomic E-state index is 12.7. The minimum atomic E-state index is -5.78. The molecule has 0 spiro atoms. The first kappa shape index (κ1) is 26.1. The Labute approximate surface area is 188 Å². The van der Waals surface area contributed by atoms with E-state index < -0.39 is 41.9 Å². The number of hydrogen-bond acceptors (Lipinski definition) is 5. The Morgan fingerprint density at radius 1 is 0.939 bits per heavy atom. The van der Waals surface area contributed by atoms with Gasteiger partial charge >= 0.3 is 24.3 Å². The van der Waals surface area contributed by atoms with E-state index in [2.05, 4.69) is 4.74 Å². The molecule has 4 aliphatic carbocycles. The van der Waals surface area contributed by atoms with Gasteiger partial charge in [-0.25, -0.2) is 0 Å². The Morgan fingerprint density at radius 3 is 1.97 bits per heavy atom. The molecule has 0 saturated heterocycles. The van der Waals surface area contributed by atoms with E-state index >= 15 is 0 Å². The monoisotopic (exact) mass is 488 g/mol. The summed E-state index contributed by atoms with van der Waals surface area (Å²) in [5.41, 5.74) is -1.13. The number of hydrogen-bond donors (Lipinski definition) is 0. The Hall–Kier alpha value is -1.52. The van der Waals surface area contributed by atoms with E-state index in [1.54, 1.807) is 0 Å². The van der Waals surface area contributed by atoms with Crippen LogP contribution in [0.2, 0.25) is 0 Å². The number of ether oxygens (including phenoxy) is 3. The van der Waals surface area contributed by atoms with Gasteiger partial charge in [-0.2, -0.15) is 26.3 Å². The highest BCUT2D eigenvalue weighted by Crippen LogP contribution is 2.58. The second-order valence-electron chi connectivity index (χ2n) is 10.3. The van der Waals surface area contributed by atoms with Crippen molar-refractivity contribution in [1.29, 1.82) is 0 Å². The van der Waals surface area contributed by atoms with Crippen LogP contribution in [0.15, 0.2) is 0 Å². The van der Waals surface area contributed by atoms with Crippen LogP contribution < -0.4 is 0 Å². The van der Waals surface area contributed by atoms with E-state index in [-0.39, 0.29) is 30.5 Å². The first-order valence-corrected chi connectivity index (χ1v) is 11.2. The largest absolute Gasteiger partial charge is 0.463 e. The fourth-order valence-corrected chi connectivity index (χ4v) is 5.64. The van der Waals surface area contributed by atoms with E-state index in [0.29, 0.717) is 25.2 Å². The fraction of sp³-hybridized carbons (Fsp3) is 0.909. The molecule has 2 unspecified atom stereocenters. The predicted octanol–water partition coefficient (Wildman–Crippen LogP) is 5.21. The number of rotatable bonds is 8. The first-order valence-electron chi connectivity index (χ1n) is 11.2. The van der Waals surface area contributed by atoms with E-state index in [1.165, 1.54) is 0 Å². The average Bonchev–Trinajstić information content (AvgIpc) is 2.63. The van der Waals surface area contributed by atoms with Crippen molar-refractivity contribution in [3.05, 3.63) is 0 Å².